The zero-order valence-electron chi connectivity index (χ0n) is 8.37. The SMILES string of the molecule is CNC(Cc1ccsc1)c1csc(Br)c1. The maximum atomic E-state index is 3.50. The zero-order valence-corrected chi connectivity index (χ0v) is 11.6. The summed E-state index contributed by atoms with van der Waals surface area (Å²) in [5.74, 6) is 0. The van der Waals surface area contributed by atoms with E-state index < -0.39 is 0 Å². The molecule has 2 heterocycles. The van der Waals surface area contributed by atoms with Crippen molar-refractivity contribution < 1.29 is 0 Å². The predicted octanol–water partition coefficient (Wildman–Crippen LogP) is 4.08. The zero-order chi connectivity index (χ0) is 10.7. The van der Waals surface area contributed by atoms with Gasteiger partial charge in [-0.15, -0.1) is 11.3 Å². The highest BCUT2D eigenvalue weighted by molar-refractivity contribution is 9.11. The average molecular weight is 302 g/mol. The summed E-state index contributed by atoms with van der Waals surface area (Å²) in [5, 5.41) is 9.91. The molecule has 0 radical (unpaired) electrons. The van der Waals surface area contributed by atoms with Crippen LogP contribution in [0.1, 0.15) is 17.2 Å². The van der Waals surface area contributed by atoms with Gasteiger partial charge in [-0.3, -0.25) is 0 Å². The van der Waals surface area contributed by atoms with Gasteiger partial charge in [0, 0.05) is 6.04 Å². The highest BCUT2D eigenvalue weighted by atomic mass is 79.9. The Morgan fingerprint density at radius 3 is 2.87 bits per heavy atom. The lowest BCUT2D eigenvalue weighted by Crippen LogP contribution is -2.17. The maximum Gasteiger partial charge on any atom is 0.0701 e. The van der Waals surface area contributed by atoms with Crippen molar-refractivity contribution in [3.05, 3.63) is 43.2 Å². The largest absolute Gasteiger partial charge is 0.313 e. The molecule has 1 unspecified atom stereocenters. The summed E-state index contributed by atoms with van der Waals surface area (Å²) in [6.07, 6.45) is 1.06. The first-order valence-corrected chi connectivity index (χ1v) is 7.33. The third-order valence-corrected chi connectivity index (χ3v) is 4.61. The molecule has 2 rings (SSSR count). The third kappa shape index (κ3) is 2.91. The van der Waals surface area contributed by atoms with Gasteiger partial charge < -0.3 is 5.32 Å². The average Bonchev–Trinajstić information content (AvgIpc) is 2.85. The Morgan fingerprint density at radius 2 is 2.33 bits per heavy atom. The van der Waals surface area contributed by atoms with Gasteiger partial charge in [0.15, 0.2) is 0 Å². The van der Waals surface area contributed by atoms with E-state index in [4.69, 9.17) is 0 Å². The minimum atomic E-state index is 0.419. The summed E-state index contributed by atoms with van der Waals surface area (Å²) >= 11 is 7.00. The van der Waals surface area contributed by atoms with E-state index in [1.54, 1.807) is 22.7 Å². The van der Waals surface area contributed by atoms with Crippen LogP contribution in [0.2, 0.25) is 0 Å². The van der Waals surface area contributed by atoms with Gasteiger partial charge >= 0.3 is 0 Å². The molecule has 1 atom stereocenters. The molecule has 0 spiro atoms. The Hall–Kier alpha value is -0.160. The maximum absolute atomic E-state index is 3.50. The Morgan fingerprint density at radius 1 is 1.47 bits per heavy atom. The minimum absolute atomic E-state index is 0.419. The molecule has 0 aliphatic carbocycles. The van der Waals surface area contributed by atoms with Crippen LogP contribution in [0.4, 0.5) is 0 Å². The first-order chi connectivity index (χ1) is 7.29. The van der Waals surface area contributed by atoms with Crippen LogP contribution in [0.25, 0.3) is 0 Å². The fourth-order valence-corrected chi connectivity index (χ4v) is 3.45. The Labute approximate surface area is 106 Å². The summed E-state index contributed by atoms with van der Waals surface area (Å²) in [6, 6.07) is 4.80. The molecule has 0 bridgehead atoms. The smallest absolute Gasteiger partial charge is 0.0701 e. The lowest BCUT2D eigenvalue weighted by Gasteiger charge is -2.13. The minimum Gasteiger partial charge on any atom is -0.313 e. The van der Waals surface area contributed by atoms with Gasteiger partial charge in [0.2, 0.25) is 0 Å². The van der Waals surface area contributed by atoms with Crippen molar-refractivity contribution in [2.75, 3.05) is 7.05 Å². The summed E-state index contributed by atoms with van der Waals surface area (Å²) in [4.78, 5) is 0. The molecule has 1 nitrogen and oxygen atoms in total. The van der Waals surface area contributed by atoms with E-state index in [0.717, 1.165) is 6.42 Å². The molecule has 80 valence electrons. The molecule has 0 aromatic carbocycles. The first kappa shape index (κ1) is 11.3. The van der Waals surface area contributed by atoms with Crippen molar-refractivity contribution in [3.8, 4) is 0 Å². The van der Waals surface area contributed by atoms with Gasteiger partial charge in [-0.05, 0) is 68.8 Å². The van der Waals surface area contributed by atoms with E-state index in [-0.39, 0.29) is 0 Å². The fourth-order valence-electron chi connectivity index (χ4n) is 1.54. The molecule has 0 saturated heterocycles. The number of nitrogens with one attached hydrogen (secondary N) is 1. The Bertz CT molecular complexity index is 408. The molecule has 2 aromatic rings. The monoisotopic (exact) mass is 301 g/mol. The van der Waals surface area contributed by atoms with E-state index in [0.29, 0.717) is 6.04 Å². The van der Waals surface area contributed by atoms with E-state index in [1.807, 2.05) is 7.05 Å². The van der Waals surface area contributed by atoms with Gasteiger partial charge in [0.05, 0.1) is 3.79 Å². The fraction of sp³-hybridized carbons (Fsp3) is 0.273. The van der Waals surface area contributed by atoms with Crippen LogP contribution in [0, 0.1) is 0 Å². The van der Waals surface area contributed by atoms with Gasteiger partial charge in [0.25, 0.3) is 0 Å². The number of hydrogen-bond donors (Lipinski definition) is 1. The number of halogens is 1. The molecular weight excluding hydrogens is 290 g/mol. The molecule has 0 aliphatic rings. The topological polar surface area (TPSA) is 12.0 Å². The summed E-state index contributed by atoms with van der Waals surface area (Å²) in [7, 11) is 2.02. The molecule has 15 heavy (non-hydrogen) atoms. The van der Waals surface area contributed by atoms with E-state index in [1.165, 1.54) is 14.9 Å². The summed E-state index contributed by atoms with van der Waals surface area (Å²) in [5.41, 5.74) is 2.77. The van der Waals surface area contributed by atoms with Crippen LogP contribution in [-0.2, 0) is 6.42 Å². The molecule has 0 saturated carbocycles. The third-order valence-electron chi connectivity index (χ3n) is 2.36. The quantitative estimate of drug-likeness (QED) is 0.897. The van der Waals surface area contributed by atoms with Crippen molar-refractivity contribution in [1.29, 1.82) is 0 Å². The lowest BCUT2D eigenvalue weighted by molar-refractivity contribution is 0.594. The molecule has 0 amide bonds. The van der Waals surface area contributed by atoms with Crippen LogP contribution < -0.4 is 5.32 Å². The second-order valence-corrected chi connectivity index (χ2v) is 6.43. The van der Waals surface area contributed by atoms with Crippen LogP contribution >= 0.6 is 38.6 Å². The molecule has 0 aliphatic heterocycles. The molecule has 2 aromatic heterocycles. The van der Waals surface area contributed by atoms with Gasteiger partial charge in [-0.1, -0.05) is 0 Å². The van der Waals surface area contributed by atoms with E-state index in [2.05, 4.69) is 49.5 Å². The molecule has 1 N–H and O–H groups in total. The van der Waals surface area contributed by atoms with Crippen LogP contribution in [0.15, 0.2) is 32.1 Å². The Kier molecular flexibility index (Phi) is 3.97. The van der Waals surface area contributed by atoms with Crippen molar-refractivity contribution >= 4 is 38.6 Å². The van der Waals surface area contributed by atoms with E-state index >= 15 is 0 Å². The molecule has 0 fully saturated rings. The normalized spacial score (nSPS) is 12.9. The van der Waals surface area contributed by atoms with Crippen molar-refractivity contribution in [2.45, 2.75) is 12.5 Å². The highest BCUT2D eigenvalue weighted by Crippen LogP contribution is 2.27. The second kappa shape index (κ2) is 5.25. The predicted molar refractivity (Wildman–Crippen MR) is 71.8 cm³/mol. The van der Waals surface area contributed by atoms with Crippen molar-refractivity contribution in [1.82, 2.24) is 5.32 Å². The number of hydrogen-bond acceptors (Lipinski definition) is 3. The number of thiophene rings is 2. The summed E-state index contributed by atoms with van der Waals surface area (Å²) < 4.78 is 1.20. The standard InChI is InChI=1S/C11H12BrNS2/c1-13-10(4-8-2-3-14-6-8)9-5-11(12)15-7-9/h2-3,5-7,10,13H,4H2,1H3. The van der Waals surface area contributed by atoms with Crippen LogP contribution in [0.3, 0.4) is 0 Å². The van der Waals surface area contributed by atoms with Gasteiger partial charge in [-0.25, -0.2) is 0 Å². The lowest BCUT2D eigenvalue weighted by atomic mass is 10.0. The molecular formula is C11H12BrNS2. The second-order valence-electron chi connectivity index (χ2n) is 3.36. The number of rotatable bonds is 4. The summed E-state index contributed by atoms with van der Waals surface area (Å²) in [6.45, 7) is 0. The van der Waals surface area contributed by atoms with Crippen molar-refractivity contribution in [2.24, 2.45) is 0 Å². The van der Waals surface area contributed by atoms with Crippen LogP contribution in [-0.4, -0.2) is 7.05 Å². The highest BCUT2D eigenvalue weighted by Gasteiger charge is 2.11. The van der Waals surface area contributed by atoms with Gasteiger partial charge in [-0.2, -0.15) is 11.3 Å². The van der Waals surface area contributed by atoms with Gasteiger partial charge in [0.1, 0.15) is 0 Å². The Balaban J connectivity index is 2.11. The van der Waals surface area contributed by atoms with Crippen molar-refractivity contribution in [3.63, 3.8) is 0 Å². The number of likely N-dealkylation sites (N-methyl/N-ethyl adjacent to an activating group) is 1. The first-order valence-electron chi connectivity index (χ1n) is 4.72. The van der Waals surface area contributed by atoms with E-state index in [9.17, 15) is 0 Å². The van der Waals surface area contributed by atoms with Crippen LogP contribution in [0.5, 0.6) is 0 Å². The molecule has 4 heteroatoms.